The molecule has 0 aromatic heterocycles. The summed E-state index contributed by atoms with van der Waals surface area (Å²) in [7, 11) is 5.13. The highest BCUT2D eigenvalue weighted by molar-refractivity contribution is 6.34. The van der Waals surface area contributed by atoms with Crippen molar-refractivity contribution in [3.8, 4) is 22.6 Å². The average Bonchev–Trinajstić information content (AvgIpc) is 2.48. The number of methoxy groups -OCH3 is 2. The Labute approximate surface area is 124 Å². The van der Waals surface area contributed by atoms with E-state index in [2.05, 4.69) is 17.4 Å². The van der Waals surface area contributed by atoms with Crippen molar-refractivity contribution in [2.24, 2.45) is 0 Å². The summed E-state index contributed by atoms with van der Waals surface area (Å²) in [5.41, 5.74) is 3.25. The van der Waals surface area contributed by atoms with Gasteiger partial charge in [-0.25, -0.2) is 0 Å². The van der Waals surface area contributed by atoms with Gasteiger partial charge in [0.05, 0.1) is 14.2 Å². The summed E-state index contributed by atoms with van der Waals surface area (Å²) in [4.78, 5) is 0. The molecule has 0 radical (unpaired) electrons. The molecule has 0 heterocycles. The Bertz CT molecular complexity index is 599. The SMILES string of the molecule is CNCc1ccccc1-c1ccc(OC)c(Cl)c1OC. The van der Waals surface area contributed by atoms with Gasteiger partial charge < -0.3 is 14.8 Å². The number of halogens is 1. The predicted molar refractivity (Wildman–Crippen MR) is 82.8 cm³/mol. The zero-order valence-corrected chi connectivity index (χ0v) is 12.6. The smallest absolute Gasteiger partial charge is 0.149 e. The third-order valence-corrected chi connectivity index (χ3v) is 3.52. The maximum Gasteiger partial charge on any atom is 0.149 e. The van der Waals surface area contributed by atoms with E-state index in [0.717, 1.165) is 17.7 Å². The minimum absolute atomic E-state index is 0.492. The Balaban J connectivity index is 2.61. The summed E-state index contributed by atoms with van der Waals surface area (Å²) in [6, 6.07) is 12.0. The van der Waals surface area contributed by atoms with Crippen molar-refractivity contribution in [2.75, 3.05) is 21.3 Å². The average molecular weight is 292 g/mol. The summed E-state index contributed by atoms with van der Waals surface area (Å²) in [5, 5.41) is 3.66. The number of rotatable bonds is 5. The van der Waals surface area contributed by atoms with Gasteiger partial charge in [0, 0.05) is 12.1 Å². The van der Waals surface area contributed by atoms with E-state index in [1.54, 1.807) is 14.2 Å². The van der Waals surface area contributed by atoms with E-state index in [1.165, 1.54) is 5.56 Å². The van der Waals surface area contributed by atoms with Crippen LogP contribution in [-0.4, -0.2) is 21.3 Å². The first-order valence-corrected chi connectivity index (χ1v) is 6.74. The van der Waals surface area contributed by atoms with E-state index in [4.69, 9.17) is 21.1 Å². The topological polar surface area (TPSA) is 30.5 Å². The van der Waals surface area contributed by atoms with Gasteiger partial charge in [0.1, 0.15) is 16.5 Å². The highest BCUT2D eigenvalue weighted by Crippen LogP contribution is 2.42. The molecule has 4 heteroatoms. The molecule has 0 atom stereocenters. The molecule has 0 aliphatic heterocycles. The highest BCUT2D eigenvalue weighted by atomic mass is 35.5. The monoisotopic (exact) mass is 291 g/mol. The Morgan fingerprint density at radius 1 is 1.00 bits per heavy atom. The fourth-order valence-electron chi connectivity index (χ4n) is 2.23. The van der Waals surface area contributed by atoms with Crippen LogP contribution in [0.3, 0.4) is 0 Å². The minimum atomic E-state index is 0.492. The van der Waals surface area contributed by atoms with Crippen LogP contribution in [-0.2, 0) is 6.54 Å². The molecule has 2 rings (SSSR count). The van der Waals surface area contributed by atoms with Crippen molar-refractivity contribution in [2.45, 2.75) is 6.54 Å². The van der Waals surface area contributed by atoms with E-state index in [1.807, 2.05) is 31.3 Å². The van der Waals surface area contributed by atoms with Crippen LogP contribution >= 0.6 is 11.6 Å². The molecule has 1 N–H and O–H groups in total. The normalized spacial score (nSPS) is 10.4. The van der Waals surface area contributed by atoms with Crippen molar-refractivity contribution in [1.29, 1.82) is 0 Å². The van der Waals surface area contributed by atoms with E-state index in [0.29, 0.717) is 16.5 Å². The van der Waals surface area contributed by atoms with Crippen LogP contribution in [0, 0.1) is 0 Å². The number of benzene rings is 2. The molecule has 2 aromatic rings. The van der Waals surface area contributed by atoms with Gasteiger partial charge in [0.2, 0.25) is 0 Å². The van der Waals surface area contributed by atoms with Gasteiger partial charge in [-0.15, -0.1) is 0 Å². The molecular weight excluding hydrogens is 274 g/mol. The second-order valence-corrected chi connectivity index (χ2v) is 4.73. The van der Waals surface area contributed by atoms with Crippen molar-refractivity contribution in [3.63, 3.8) is 0 Å². The maximum atomic E-state index is 6.33. The lowest BCUT2D eigenvalue weighted by Crippen LogP contribution is -2.06. The maximum absolute atomic E-state index is 6.33. The third kappa shape index (κ3) is 2.74. The first kappa shape index (κ1) is 14.7. The summed E-state index contributed by atoms with van der Waals surface area (Å²) in [6.45, 7) is 0.781. The van der Waals surface area contributed by atoms with E-state index in [-0.39, 0.29) is 0 Å². The lowest BCUT2D eigenvalue weighted by molar-refractivity contribution is 0.396. The van der Waals surface area contributed by atoms with Crippen LogP contribution in [0.5, 0.6) is 11.5 Å². The molecule has 0 saturated heterocycles. The first-order chi connectivity index (χ1) is 9.72. The molecule has 0 unspecified atom stereocenters. The van der Waals surface area contributed by atoms with Crippen LogP contribution in [0.2, 0.25) is 5.02 Å². The van der Waals surface area contributed by atoms with Gasteiger partial charge in [-0.2, -0.15) is 0 Å². The van der Waals surface area contributed by atoms with Gasteiger partial charge in [-0.05, 0) is 30.3 Å². The molecular formula is C16H18ClNO2. The van der Waals surface area contributed by atoms with Crippen molar-refractivity contribution >= 4 is 11.6 Å². The highest BCUT2D eigenvalue weighted by Gasteiger charge is 2.16. The Morgan fingerprint density at radius 3 is 2.40 bits per heavy atom. The Hall–Kier alpha value is -1.71. The summed E-state index contributed by atoms with van der Waals surface area (Å²) in [5.74, 6) is 1.24. The van der Waals surface area contributed by atoms with Crippen LogP contribution in [0.15, 0.2) is 36.4 Å². The number of hydrogen-bond acceptors (Lipinski definition) is 3. The van der Waals surface area contributed by atoms with E-state index >= 15 is 0 Å². The van der Waals surface area contributed by atoms with Crippen molar-refractivity contribution < 1.29 is 9.47 Å². The molecule has 0 bridgehead atoms. The first-order valence-electron chi connectivity index (χ1n) is 6.36. The molecule has 0 fully saturated rings. The second-order valence-electron chi connectivity index (χ2n) is 4.35. The van der Waals surface area contributed by atoms with Crippen LogP contribution < -0.4 is 14.8 Å². The quantitative estimate of drug-likeness (QED) is 0.910. The Morgan fingerprint density at radius 2 is 1.75 bits per heavy atom. The van der Waals surface area contributed by atoms with Gasteiger partial charge in [0.15, 0.2) is 0 Å². The van der Waals surface area contributed by atoms with Crippen LogP contribution in [0.25, 0.3) is 11.1 Å². The zero-order chi connectivity index (χ0) is 14.5. The van der Waals surface area contributed by atoms with Crippen molar-refractivity contribution in [3.05, 3.63) is 47.0 Å². The summed E-state index contributed by atoms with van der Waals surface area (Å²) >= 11 is 6.33. The predicted octanol–water partition coefficient (Wildman–Crippen LogP) is 3.74. The van der Waals surface area contributed by atoms with Gasteiger partial charge in [-0.1, -0.05) is 35.9 Å². The number of ether oxygens (including phenoxy) is 2. The Kier molecular flexibility index (Phi) is 4.88. The number of nitrogens with one attached hydrogen (secondary N) is 1. The fraction of sp³-hybridized carbons (Fsp3) is 0.250. The molecule has 0 aliphatic carbocycles. The van der Waals surface area contributed by atoms with E-state index in [9.17, 15) is 0 Å². The molecule has 0 saturated carbocycles. The molecule has 0 amide bonds. The zero-order valence-electron chi connectivity index (χ0n) is 11.9. The standard InChI is InChI=1S/C16H18ClNO2/c1-18-10-11-6-4-5-7-12(11)13-8-9-14(19-2)15(17)16(13)20-3/h4-9,18H,10H2,1-3H3. The largest absolute Gasteiger partial charge is 0.495 e. The molecule has 0 aliphatic rings. The van der Waals surface area contributed by atoms with E-state index < -0.39 is 0 Å². The summed E-state index contributed by atoms with van der Waals surface area (Å²) in [6.07, 6.45) is 0. The van der Waals surface area contributed by atoms with Crippen LogP contribution in [0.1, 0.15) is 5.56 Å². The molecule has 3 nitrogen and oxygen atoms in total. The molecule has 20 heavy (non-hydrogen) atoms. The van der Waals surface area contributed by atoms with Gasteiger partial charge in [0.25, 0.3) is 0 Å². The second kappa shape index (κ2) is 6.64. The van der Waals surface area contributed by atoms with Crippen molar-refractivity contribution in [1.82, 2.24) is 5.32 Å². The van der Waals surface area contributed by atoms with Crippen LogP contribution in [0.4, 0.5) is 0 Å². The lowest BCUT2D eigenvalue weighted by Gasteiger charge is -2.16. The van der Waals surface area contributed by atoms with Gasteiger partial charge in [-0.3, -0.25) is 0 Å². The molecule has 2 aromatic carbocycles. The minimum Gasteiger partial charge on any atom is -0.495 e. The molecule has 106 valence electrons. The van der Waals surface area contributed by atoms with Gasteiger partial charge >= 0.3 is 0 Å². The fourth-order valence-corrected chi connectivity index (χ4v) is 2.55. The third-order valence-electron chi connectivity index (χ3n) is 3.16. The number of hydrogen-bond donors (Lipinski definition) is 1. The molecule has 0 spiro atoms. The lowest BCUT2D eigenvalue weighted by atomic mass is 9.98. The summed E-state index contributed by atoms with van der Waals surface area (Å²) < 4.78 is 10.7.